The molecule has 3 aromatic carbocycles. The fraction of sp³-hybridized carbons (Fsp3) is 0.321. The molecule has 172 valence electrons. The summed E-state index contributed by atoms with van der Waals surface area (Å²) < 4.78 is 13.1. The molecule has 0 aliphatic carbocycles. The van der Waals surface area contributed by atoms with E-state index in [-0.39, 0.29) is 17.1 Å². The lowest BCUT2D eigenvalue weighted by molar-refractivity contribution is 0.102. The van der Waals surface area contributed by atoms with Crippen LogP contribution in [-0.2, 0) is 12.0 Å². The third-order valence-electron chi connectivity index (χ3n) is 6.20. The maximum absolute atomic E-state index is 13.1. The lowest BCUT2D eigenvalue weighted by Crippen LogP contribution is -2.45. The van der Waals surface area contributed by atoms with Gasteiger partial charge in [-0.3, -0.25) is 9.69 Å². The molecule has 0 saturated carbocycles. The highest BCUT2D eigenvalue weighted by Gasteiger charge is 2.18. The van der Waals surface area contributed by atoms with Crippen molar-refractivity contribution >= 4 is 17.3 Å². The summed E-state index contributed by atoms with van der Waals surface area (Å²) in [5.74, 6) is -0.292. The number of hydrogen-bond acceptors (Lipinski definition) is 3. The van der Waals surface area contributed by atoms with Gasteiger partial charge in [0.2, 0.25) is 0 Å². The predicted molar refractivity (Wildman–Crippen MR) is 133 cm³/mol. The quantitative estimate of drug-likeness (QED) is 0.547. The number of anilines is 2. The molecular weight excluding hydrogens is 413 g/mol. The normalized spacial score (nSPS) is 14.8. The molecule has 1 aliphatic rings. The smallest absolute Gasteiger partial charge is 0.255 e. The van der Waals surface area contributed by atoms with Gasteiger partial charge in [0.05, 0.1) is 0 Å². The second kappa shape index (κ2) is 9.75. The van der Waals surface area contributed by atoms with E-state index >= 15 is 0 Å². The average molecular weight is 446 g/mol. The Hall–Kier alpha value is -3.18. The minimum atomic E-state index is -0.193. The van der Waals surface area contributed by atoms with Gasteiger partial charge in [0.1, 0.15) is 5.82 Å². The predicted octanol–water partition coefficient (Wildman–Crippen LogP) is 5.70. The second-order valence-electron chi connectivity index (χ2n) is 9.72. The highest BCUT2D eigenvalue weighted by Crippen LogP contribution is 2.23. The van der Waals surface area contributed by atoms with E-state index in [1.165, 1.54) is 17.7 Å². The Kier molecular flexibility index (Phi) is 6.80. The number of carbonyl (C=O) groups excluding carboxylic acids is 1. The molecule has 4 rings (SSSR count). The van der Waals surface area contributed by atoms with Gasteiger partial charge in [-0.2, -0.15) is 0 Å². The van der Waals surface area contributed by atoms with E-state index in [1.807, 2.05) is 48.5 Å². The van der Waals surface area contributed by atoms with Crippen molar-refractivity contribution in [1.82, 2.24) is 4.90 Å². The molecule has 1 amide bonds. The van der Waals surface area contributed by atoms with Gasteiger partial charge < -0.3 is 10.2 Å². The van der Waals surface area contributed by atoms with Gasteiger partial charge >= 0.3 is 0 Å². The lowest BCUT2D eigenvalue weighted by Gasteiger charge is -2.36. The Labute approximate surface area is 196 Å². The number of rotatable bonds is 5. The maximum atomic E-state index is 13.1. The highest BCUT2D eigenvalue weighted by atomic mass is 19.1. The van der Waals surface area contributed by atoms with Crippen LogP contribution in [-0.4, -0.2) is 37.0 Å². The largest absolute Gasteiger partial charge is 0.369 e. The zero-order chi connectivity index (χ0) is 23.4. The summed E-state index contributed by atoms with van der Waals surface area (Å²) in [5.41, 5.74) is 5.02. The molecule has 0 spiro atoms. The van der Waals surface area contributed by atoms with E-state index in [0.29, 0.717) is 5.56 Å². The van der Waals surface area contributed by atoms with E-state index < -0.39 is 0 Å². The van der Waals surface area contributed by atoms with Crippen molar-refractivity contribution in [1.29, 1.82) is 0 Å². The lowest BCUT2D eigenvalue weighted by atomic mass is 9.87. The third-order valence-corrected chi connectivity index (χ3v) is 6.20. The van der Waals surface area contributed by atoms with E-state index in [9.17, 15) is 9.18 Å². The number of amides is 1. The Morgan fingerprint density at radius 3 is 2.03 bits per heavy atom. The van der Waals surface area contributed by atoms with Crippen molar-refractivity contribution in [2.24, 2.45) is 0 Å². The molecule has 1 saturated heterocycles. The van der Waals surface area contributed by atoms with Crippen LogP contribution in [0.15, 0.2) is 72.8 Å². The van der Waals surface area contributed by atoms with E-state index in [1.54, 1.807) is 0 Å². The molecule has 1 heterocycles. The zero-order valence-electron chi connectivity index (χ0n) is 19.6. The van der Waals surface area contributed by atoms with Crippen LogP contribution in [0.5, 0.6) is 0 Å². The first-order chi connectivity index (χ1) is 15.8. The van der Waals surface area contributed by atoms with Crippen LogP contribution in [0.2, 0.25) is 0 Å². The third kappa shape index (κ3) is 5.99. The summed E-state index contributed by atoms with van der Waals surface area (Å²) in [5, 5.41) is 2.99. The molecular formula is C28H32FN3O. The first-order valence-electron chi connectivity index (χ1n) is 11.5. The molecule has 0 unspecified atom stereocenters. The maximum Gasteiger partial charge on any atom is 0.255 e. The molecule has 5 heteroatoms. The minimum absolute atomic E-state index is 0.0667. The van der Waals surface area contributed by atoms with E-state index in [4.69, 9.17) is 0 Å². The highest BCUT2D eigenvalue weighted by molar-refractivity contribution is 6.04. The number of nitrogens with one attached hydrogen (secondary N) is 1. The van der Waals surface area contributed by atoms with Crippen molar-refractivity contribution in [3.63, 3.8) is 0 Å². The van der Waals surface area contributed by atoms with Gasteiger partial charge in [0, 0.05) is 49.7 Å². The summed E-state index contributed by atoms with van der Waals surface area (Å²) in [6, 6.07) is 22.6. The summed E-state index contributed by atoms with van der Waals surface area (Å²) in [6.45, 7) is 11.1. The summed E-state index contributed by atoms with van der Waals surface area (Å²) in [4.78, 5) is 17.4. The van der Waals surface area contributed by atoms with Gasteiger partial charge in [0.25, 0.3) is 5.91 Å². The standard InChI is InChI=1S/C28H32FN3O/c1-28(2,3)23-8-6-22(7-9-23)27(33)30-25-12-14-26(15-13-25)32-18-16-31(17-19-32)20-21-4-10-24(29)11-5-21/h4-15H,16-20H2,1-3H3,(H,30,33). The van der Waals surface area contributed by atoms with Crippen LogP contribution in [0.1, 0.15) is 42.3 Å². The molecule has 1 aliphatic heterocycles. The summed E-state index contributed by atoms with van der Waals surface area (Å²) >= 11 is 0. The minimum Gasteiger partial charge on any atom is -0.369 e. The van der Waals surface area contributed by atoms with Gasteiger partial charge in [0.15, 0.2) is 0 Å². The van der Waals surface area contributed by atoms with E-state index in [0.717, 1.165) is 49.7 Å². The van der Waals surface area contributed by atoms with Crippen LogP contribution in [0, 0.1) is 5.82 Å². The van der Waals surface area contributed by atoms with Crippen LogP contribution < -0.4 is 10.2 Å². The topological polar surface area (TPSA) is 35.6 Å². The van der Waals surface area contributed by atoms with Crippen molar-refractivity contribution in [3.8, 4) is 0 Å². The van der Waals surface area contributed by atoms with Crippen molar-refractivity contribution < 1.29 is 9.18 Å². The number of carbonyl (C=O) groups is 1. The van der Waals surface area contributed by atoms with Crippen LogP contribution >= 0.6 is 0 Å². The molecule has 1 N–H and O–H groups in total. The SMILES string of the molecule is CC(C)(C)c1ccc(C(=O)Nc2ccc(N3CCN(Cc4ccc(F)cc4)CC3)cc2)cc1. The summed E-state index contributed by atoms with van der Waals surface area (Å²) in [7, 11) is 0. The van der Waals surface area contributed by atoms with Crippen LogP contribution in [0.4, 0.5) is 15.8 Å². The van der Waals surface area contributed by atoms with Crippen molar-refractivity contribution in [3.05, 3.63) is 95.3 Å². The monoisotopic (exact) mass is 445 g/mol. The number of halogens is 1. The Balaban J connectivity index is 1.29. The Morgan fingerprint density at radius 1 is 0.848 bits per heavy atom. The molecule has 3 aromatic rings. The van der Waals surface area contributed by atoms with Gasteiger partial charge in [-0.15, -0.1) is 0 Å². The van der Waals surface area contributed by atoms with Crippen LogP contribution in [0.3, 0.4) is 0 Å². The molecule has 4 nitrogen and oxygen atoms in total. The Bertz CT molecular complexity index is 1060. The molecule has 0 atom stereocenters. The number of hydrogen-bond donors (Lipinski definition) is 1. The number of benzene rings is 3. The first kappa shape index (κ1) is 23.0. The first-order valence-corrected chi connectivity index (χ1v) is 11.5. The second-order valence-corrected chi connectivity index (χ2v) is 9.72. The molecule has 0 aromatic heterocycles. The van der Waals surface area contributed by atoms with Crippen molar-refractivity contribution in [2.45, 2.75) is 32.7 Å². The zero-order valence-corrected chi connectivity index (χ0v) is 19.6. The van der Waals surface area contributed by atoms with Gasteiger partial charge in [-0.1, -0.05) is 45.0 Å². The van der Waals surface area contributed by atoms with Gasteiger partial charge in [-0.25, -0.2) is 4.39 Å². The van der Waals surface area contributed by atoms with Crippen molar-refractivity contribution in [2.75, 3.05) is 36.4 Å². The fourth-order valence-corrected chi connectivity index (χ4v) is 4.09. The molecule has 1 fully saturated rings. The number of piperazine rings is 1. The molecule has 0 radical (unpaired) electrons. The summed E-state index contributed by atoms with van der Waals surface area (Å²) in [6.07, 6.45) is 0. The number of nitrogens with zero attached hydrogens (tertiary/aromatic N) is 2. The Morgan fingerprint density at radius 2 is 1.45 bits per heavy atom. The van der Waals surface area contributed by atoms with Crippen LogP contribution in [0.25, 0.3) is 0 Å². The molecule has 33 heavy (non-hydrogen) atoms. The van der Waals surface area contributed by atoms with E-state index in [2.05, 4.69) is 48.0 Å². The average Bonchev–Trinajstić information content (AvgIpc) is 2.81. The molecule has 0 bridgehead atoms. The fourth-order valence-electron chi connectivity index (χ4n) is 4.09. The van der Waals surface area contributed by atoms with Gasteiger partial charge in [-0.05, 0) is 65.1 Å².